The van der Waals surface area contributed by atoms with Gasteiger partial charge in [-0.05, 0) is 4.92 Å². The molecule has 0 N–H and O–H groups in total. The molecule has 0 amide bonds. The number of halogens is 1. The van der Waals surface area contributed by atoms with Crippen molar-refractivity contribution in [3.63, 3.8) is 0 Å². The molecule has 2 aromatic heterocycles. The molecule has 0 aromatic carbocycles. The van der Waals surface area contributed by atoms with Crippen molar-refractivity contribution in [3.05, 3.63) is 38.9 Å². The van der Waals surface area contributed by atoms with Crippen LogP contribution in [0.15, 0.2) is 16.8 Å². The molecule has 0 radical (unpaired) electrons. The Balaban J connectivity index is 2.13. The lowest BCUT2D eigenvalue weighted by atomic mass is 10.4. The minimum Gasteiger partial charge on any atom is -0.377 e. The second-order valence-corrected chi connectivity index (χ2v) is 3.88. The molecule has 0 bridgehead atoms. The zero-order valence-electron chi connectivity index (χ0n) is 9.37. The highest BCUT2D eigenvalue weighted by Crippen LogP contribution is 2.21. The third kappa shape index (κ3) is 2.66. The van der Waals surface area contributed by atoms with Crippen LogP contribution in [-0.4, -0.2) is 27.0 Å². The lowest BCUT2D eigenvalue weighted by Gasteiger charge is -1.89. The summed E-state index contributed by atoms with van der Waals surface area (Å²) in [4.78, 5) is 9.93. The summed E-state index contributed by atoms with van der Waals surface area (Å²) in [6.45, 7) is 0.549. The first kappa shape index (κ1) is 12.5. The van der Waals surface area contributed by atoms with Gasteiger partial charge in [0, 0.05) is 13.2 Å². The molecule has 18 heavy (non-hydrogen) atoms. The van der Waals surface area contributed by atoms with Gasteiger partial charge in [0.2, 0.25) is 0 Å². The molecule has 2 rings (SSSR count). The van der Waals surface area contributed by atoms with E-state index >= 15 is 0 Å². The smallest absolute Gasteiger partial charge is 0.377 e. The number of nitro groups is 1. The summed E-state index contributed by atoms with van der Waals surface area (Å²) in [6, 6.07) is 1.69. The van der Waals surface area contributed by atoms with E-state index in [1.54, 1.807) is 13.2 Å². The highest BCUT2D eigenvalue weighted by Gasteiger charge is 2.19. The molecule has 0 aliphatic heterocycles. The second-order valence-electron chi connectivity index (χ2n) is 3.47. The monoisotopic (exact) mass is 272 g/mol. The molecule has 9 heteroatoms. The molecule has 0 spiro atoms. The molecule has 8 nitrogen and oxygen atoms in total. The Morgan fingerprint density at radius 2 is 2.44 bits per heavy atom. The van der Waals surface area contributed by atoms with Gasteiger partial charge in [-0.3, -0.25) is 0 Å². The van der Waals surface area contributed by atoms with Gasteiger partial charge in [-0.2, -0.15) is 4.68 Å². The Morgan fingerprint density at radius 3 is 3.06 bits per heavy atom. The van der Waals surface area contributed by atoms with Gasteiger partial charge in [-0.1, -0.05) is 16.8 Å². The van der Waals surface area contributed by atoms with Crippen LogP contribution in [0.4, 0.5) is 5.82 Å². The fourth-order valence-corrected chi connectivity index (χ4v) is 1.62. The third-order valence-corrected chi connectivity index (χ3v) is 2.36. The molecule has 2 heterocycles. The number of nitrogens with zero attached hydrogens (tertiary/aromatic N) is 4. The summed E-state index contributed by atoms with van der Waals surface area (Å²) >= 11 is 5.67. The predicted octanol–water partition coefficient (Wildman–Crippen LogP) is 1.63. The Kier molecular flexibility index (Phi) is 3.58. The van der Waals surface area contributed by atoms with E-state index in [1.165, 1.54) is 10.9 Å². The molecular formula is C9H9ClN4O4. The van der Waals surface area contributed by atoms with Crippen LogP contribution in [0.3, 0.4) is 0 Å². The first-order chi connectivity index (χ1) is 8.60. The highest BCUT2D eigenvalue weighted by molar-refractivity contribution is 6.32. The zero-order chi connectivity index (χ0) is 13.1. The lowest BCUT2D eigenvalue weighted by Crippen LogP contribution is -2.01. The van der Waals surface area contributed by atoms with Crippen molar-refractivity contribution in [2.75, 3.05) is 7.11 Å². The number of rotatable bonds is 5. The molecule has 0 saturated carbocycles. The number of aromatic nitrogens is 3. The van der Waals surface area contributed by atoms with E-state index in [0.717, 1.165) is 0 Å². The molecule has 2 aromatic rings. The number of ether oxygens (including phenoxy) is 1. The van der Waals surface area contributed by atoms with Gasteiger partial charge in [-0.15, -0.1) is 0 Å². The van der Waals surface area contributed by atoms with E-state index in [0.29, 0.717) is 18.1 Å². The molecular weight excluding hydrogens is 264 g/mol. The maximum absolute atomic E-state index is 10.6. The van der Waals surface area contributed by atoms with E-state index in [-0.39, 0.29) is 17.4 Å². The SMILES string of the molecule is COCc1cc(Cn2cc(Cl)c([N+](=O)[O-])n2)no1. The lowest BCUT2D eigenvalue weighted by molar-refractivity contribution is -0.389. The van der Waals surface area contributed by atoms with Crippen LogP contribution >= 0.6 is 11.6 Å². The van der Waals surface area contributed by atoms with Gasteiger partial charge >= 0.3 is 5.82 Å². The van der Waals surface area contributed by atoms with Crippen molar-refractivity contribution >= 4 is 17.4 Å². The summed E-state index contributed by atoms with van der Waals surface area (Å²) in [7, 11) is 1.54. The minimum absolute atomic E-state index is 0.0133. The van der Waals surface area contributed by atoms with Crippen LogP contribution in [-0.2, 0) is 17.9 Å². The van der Waals surface area contributed by atoms with Crippen LogP contribution < -0.4 is 0 Å². The van der Waals surface area contributed by atoms with Gasteiger partial charge in [0.05, 0.1) is 11.3 Å². The second kappa shape index (κ2) is 5.15. The first-order valence-electron chi connectivity index (χ1n) is 4.91. The molecule has 0 aliphatic rings. The maximum Gasteiger partial charge on any atom is 0.408 e. The van der Waals surface area contributed by atoms with Crippen molar-refractivity contribution in [3.8, 4) is 0 Å². The van der Waals surface area contributed by atoms with Crippen molar-refractivity contribution in [1.29, 1.82) is 0 Å². The molecule has 0 atom stereocenters. The molecule has 0 saturated heterocycles. The van der Waals surface area contributed by atoms with Crippen LogP contribution in [0.5, 0.6) is 0 Å². The Hall–Kier alpha value is -1.93. The van der Waals surface area contributed by atoms with E-state index in [1.807, 2.05) is 0 Å². The topological polar surface area (TPSA) is 96.2 Å². The average Bonchev–Trinajstić information content (AvgIpc) is 2.87. The van der Waals surface area contributed by atoms with Crippen LogP contribution in [0.2, 0.25) is 5.02 Å². The van der Waals surface area contributed by atoms with E-state index < -0.39 is 4.92 Å². The summed E-state index contributed by atoms with van der Waals surface area (Å²) in [5.74, 6) is 0.192. The van der Waals surface area contributed by atoms with Crippen molar-refractivity contribution in [1.82, 2.24) is 14.9 Å². The molecule has 0 fully saturated rings. The number of hydrogen-bond acceptors (Lipinski definition) is 6. The predicted molar refractivity (Wildman–Crippen MR) is 60.2 cm³/mol. The van der Waals surface area contributed by atoms with Gasteiger partial charge < -0.3 is 19.4 Å². The van der Waals surface area contributed by atoms with E-state index in [2.05, 4.69) is 10.3 Å². The van der Waals surface area contributed by atoms with Crippen LogP contribution in [0, 0.1) is 10.1 Å². The van der Waals surface area contributed by atoms with Gasteiger partial charge in [0.1, 0.15) is 18.8 Å². The standard InChI is InChI=1S/C9H9ClN4O4/c1-17-5-7-2-6(12-18-7)3-13-4-8(10)9(11-13)14(15)16/h2,4H,3,5H2,1H3. The summed E-state index contributed by atoms with van der Waals surface area (Å²) in [5, 5.41) is 18.1. The summed E-state index contributed by atoms with van der Waals surface area (Å²) < 4.78 is 11.2. The third-order valence-electron chi connectivity index (χ3n) is 2.09. The molecule has 0 unspecified atom stereocenters. The Morgan fingerprint density at radius 1 is 1.67 bits per heavy atom. The minimum atomic E-state index is -0.641. The van der Waals surface area contributed by atoms with E-state index in [4.69, 9.17) is 20.9 Å². The summed E-state index contributed by atoms with van der Waals surface area (Å²) in [6.07, 6.45) is 1.37. The van der Waals surface area contributed by atoms with Crippen LogP contribution in [0.25, 0.3) is 0 Å². The van der Waals surface area contributed by atoms with E-state index in [9.17, 15) is 10.1 Å². The van der Waals surface area contributed by atoms with Crippen molar-refractivity contribution in [2.24, 2.45) is 0 Å². The normalized spacial score (nSPS) is 10.8. The first-order valence-corrected chi connectivity index (χ1v) is 5.28. The molecule has 96 valence electrons. The Labute approximate surface area is 106 Å². The van der Waals surface area contributed by atoms with Crippen molar-refractivity contribution in [2.45, 2.75) is 13.2 Å². The number of hydrogen-bond donors (Lipinski definition) is 0. The highest BCUT2D eigenvalue weighted by atomic mass is 35.5. The Bertz CT molecular complexity index is 565. The fraction of sp³-hybridized carbons (Fsp3) is 0.333. The summed E-state index contributed by atoms with van der Waals surface area (Å²) in [5.41, 5.74) is 0.580. The molecule has 0 aliphatic carbocycles. The average molecular weight is 273 g/mol. The largest absolute Gasteiger partial charge is 0.408 e. The maximum atomic E-state index is 10.6. The fourth-order valence-electron chi connectivity index (χ4n) is 1.40. The zero-order valence-corrected chi connectivity index (χ0v) is 10.1. The van der Waals surface area contributed by atoms with Gasteiger partial charge in [0.25, 0.3) is 0 Å². The van der Waals surface area contributed by atoms with Gasteiger partial charge in [0.15, 0.2) is 10.8 Å². The van der Waals surface area contributed by atoms with Crippen molar-refractivity contribution < 1.29 is 14.2 Å². The quantitative estimate of drug-likeness (QED) is 0.606. The number of methoxy groups -OCH3 is 1. The van der Waals surface area contributed by atoms with Gasteiger partial charge in [-0.25, -0.2) is 0 Å². The van der Waals surface area contributed by atoms with Crippen LogP contribution in [0.1, 0.15) is 11.5 Å².